The first-order valence-electron chi connectivity index (χ1n) is 6.39. The molecule has 0 radical (unpaired) electrons. The number of methoxy groups -OCH3 is 2. The van der Waals surface area contributed by atoms with E-state index in [4.69, 9.17) is 9.47 Å². The fraction of sp³-hybridized carbons (Fsp3) is 0.500. The zero-order valence-corrected chi connectivity index (χ0v) is 11.8. The lowest BCUT2D eigenvalue weighted by Gasteiger charge is -2.29. The van der Waals surface area contributed by atoms with Crippen LogP contribution < -0.4 is 19.7 Å². The van der Waals surface area contributed by atoms with Crippen molar-refractivity contribution in [3.05, 3.63) is 12.1 Å². The highest BCUT2D eigenvalue weighted by molar-refractivity contribution is 5.97. The molecule has 1 aliphatic heterocycles. The highest BCUT2D eigenvalue weighted by Crippen LogP contribution is 2.40. The van der Waals surface area contributed by atoms with E-state index in [-0.39, 0.29) is 5.91 Å². The molecule has 19 heavy (non-hydrogen) atoms. The van der Waals surface area contributed by atoms with Gasteiger partial charge >= 0.3 is 0 Å². The van der Waals surface area contributed by atoms with E-state index in [1.807, 2.05) is 12.1 Å². The van der Waals surface area contributed by atoms with Gasteiger partial charge in [-0.1, -0.05) is 0 Å². The van der Waals surface area contributed by atoms with Gasteiger partial charge in [-0.25, -0.2) is 0 Å². The Kier molecular flexibility index (Phi) is 3.83. The topological polar surface area (TPSA) is 50.8 Å². The van der Waals surface area contributed by atoms with E-state index in [0.29, 0.717) is 30.5 Å². The predicted molar refractivity (Wildman–Crippen MR) is 75.3 cm³/mol. The molecular formula is C14H20N2O3. The predicted octanol–water partition coefficient (Wildman–Crippen LogP) is 2.26. The lowest BCUT2D eigenvalue weighted by molar-refractivity contribution is -0.115. The zero-order valence-electron chi connectivity index (χ0n) is 11.8. The Morgan fingerprint density at radius 3 is 2.42 bits per heavy atom. The van der Waals surface area contributed by atoms with Crippen LogP contribution in [0.15, 0.2) is 12.1 Å². The molecule has 1 heterocycles. The number of hydrogen-bond acceptors (Lipinski definition) is 4. The van der Waals surface area contributed by atoms with E-state index in [1.165, 1.54) is 0 Å². The van der Waals surface area contributed by atoms with Crippen LogP contribution in [0, 0.1) is 0 Å². The molecule has 1 aliphatic rings. The number of rotatable bonds is 3. The first-order chi connectivity index (χ1) is 9.06. The van der Waals surface area contributed by atoms with Crippen LogP contribution in [0.25, 0.3) is 0 Å². The zero-order chi connectivity index (χ0) is 14.0. The molecule has 0 spiro atoms. The van der Waals surface area contributed by atoms with Crippen LogP contribution in [0.5, 0.6) is 11.5 Å². The molecule has 0 saturated carbocycles. The van der Waals surface area contributed by atoms with Gasteiger partial charge in [-0.3, -0.25) is 4.79 Å². The van der Waals surface area contributed by atoms with Crippen molar-refractivity contribution in [1.29, 1.82) is 0 Å². The number of nitrogens with zero attached hydrogens (tertiary/aromatic N) is 1. The first kappa shape index (κ1) is 13.5. The Morgan fingerprint density at radius 1 is 1.21 bits per heavy atom. The maximum Gasteiger partial charge on any atom is 0.226 e. The van der Waals surface area contributed by atoms with Crippen LogP contribution in [0.1, 0.15) is 20.3 Å². The van der Waals surface area contributed by atoms with Gasteiger partial charge < -0.3 is 19.7 Å². The van der Waals surface area contributed by atoms with Crippen LogP contribution in [0.4, 0.5) is 11.4 Å². The van der Waals surface area contributed by atoms with Crippen molar-refractivity contribution in [2.45, 2.75) is 26.3 Å². The Bertz CT molecular complexity index is 486. The molecular weight excluding hydrogens is 244 g/mol. The number of hydrogen-bond donors (Lipinski definition) is 1. The van der Waals surface area contributed by atoms with Crippen molar-refractivity contribution in [3.63, 3.8) is 0 Å². The van der Waals surface area contributed by atoms with Crippen molar-refractivity contribution >= 4 is 17.3 Å². The molecule has 5 nitrogen and oxygen atoms in total. The number of nitrogens with one attached hydrogen (secondary N) is 1. The number of anilines is 2. The number of carbonyl (C=O) groups excluding carboxylic acids is 1. The highest BCUT2D eigenvalue weighted by atomic mass is 16.5. The first-order valence-corrected chi connectivity index (χ1v) is 6.39. The third-order valence-corrected chi connectivity index (χ3v) is 3.29. The minimum Gasteiger partial charge on any atom is -0.493 e. The maximum atomic E-state index is 11.8. The molecule has 1 amide bonds. The van der Waals surface area contributed by atoms with Crippen LogP contribution in [0.2, 0.25) is 0 Å². The van der Waals surface area contributed by atoms with Crippen molar-refractivity contribution < 1.29 is 14.3 Å². The molecule has 5 heteroatoms. The summed E-state index contributed by atoms with van der Waals surface area (Å²) in [5.74, 6) is 1.31. The Morgan fingerprint density at radius 2 is 1.84 bits per heavy atom. The highest BCUT2D eigenvalue weighted by Gasteiger charge is 2.23. The summed E-state index contributed by atoms with van der Waals surface area (Å²) in [5, 5.41) is 2.92. The molecule has 0 aromatic heterocycles. The summed E-state index contributed by atoms with van der Waals surface area (Å²) in [7, 11) is 3.20. The van der Waals surface area contributed by atoms with Gasteiger partial charge in [-0.15, -0.1) is 0 Å². The van der Waals surface area contributed by atoms with E-state index < -0.39 is 0 Å². The van der Waals surface area contributed by atoms with Crippen LogP contribution in [0.3, 0.4) is 0 Å². The normalized spacial score (nSPS) is 14.8. The summed E-state index contributed by atoms with van der Waals surface area (Å²) in [4.78, 5) is 13.9. The second-order valence-corrected chi connectivity index (χ2v) is 4.81. The molecule has 1 aromatic rings. The van der Waals surface area contributed by atoms with Gasteiger partial charge in [0.05, 0.1) is 25.6 Å². The van der Waals surface area contributed by atoms with Gasteiger partial charge in [0.1, 0.15) is 0 Å². The molecule has 0 unspecified atom stereocenters. The number of benzene rings is 1. The molecule has 0 aliphatic carbocycles. The summed E-state index contributed by atoms with van der Waals surface area (Å²) >= 11 is 0. The SMILES string of the molecule is COc1cc2c(cc1OC)N(C(C)C)CCC(=O)N2. The van der Waals surface area contributed by atoms with Crippen LogP contribution in [-0.4, -0.2) is 32.7 Å². The summed E-state index contributed by atoms with van der Waals surface area (Å²) in [6.45, 7) is 4.92. The molecule has 0 bridgehead atoms. The summed E-state index contributed by atoms with van der Waals surface area (Å²) in [6, 6.07) is 4.04. The van der Waals surface area contributed by atoms with Gasteiger partial charge in [-0.05, 0) is 13.8 Å². The van der Waals surface area contributed by atoms with Gasteiger partial charge in [0.15, 0.2) is 11.5 Å². The monoisotopic (exact) mass is 264 g/mol. The number of carbonyl (C=O) groups is 1. The Hall–Kier alpha value is -1.91. The fourth-order valence-electron chi connectivity index (χ4n) is 2.30. The second kappa shape index (κ2) is 5.38. The standard InChI is InChI=1S/C14H20N2O3/c1-9(2)16-6-5-14(17)15-10-7-12(18-3)13(19-4)8-11(10)16/h7-9H,5-6H2,1-4H3,(H,15,17). The molecule has 104 valence electrons. The number of ether oxygens (including phenoxy) is 2. The third-order valence-electron chi connectivity index (χ3n) is 3.29. The third kappa shape index (κ3) is 2.59. The Labute approximate surface area is 113 Å². The van der Waals surface area contributed by atoms with Crippen LogP contribution in [-0.2, 0) is 4.79 Å². The molecule has 2 rings (SSSR count). The van der Waals surface area contributed by atoms with E-state index >= 15 is 0 Å². The summed E-state index contributed by atoms with van der Waals surface area (Å²) in [5.41, 5.74) is 1.74. The largest absolute Gasteiger partial charge is 0.493 e. The molecule has 0 atom stereocenters. The van der Waals surface area contributed by atoms with Crippen molar-refractivity contribution in [3.8, 4) is 11.5 Å². The summed E-state index contributed by atoms with van der Waals surface area (Å²) < 4.78 is 10.6. The molecule has 0 fully saturated rings. The smallest absolute Gasteiger partial charge is 0.226 e. The van der Waals surface area contributed by atoms with Crippen molar-refractivity contribution in [1.82, 2.24) is 0 Å². The average molecular weight is 264 g/mol. The lowest BCUT2D eigenvalue weighted by atomic mass is 10.2. The van der Waals surface area contributed by atoms with Gasteiger partial charge in [-0.2, -0.15) is 0 Å². The van der Waals surface area contributed by atoms with E-state index in [1.54, 1.807) is 14.2 Å². The minimum atomic E-state index is 0.0246. The number of fused-ring (bicyclic) bond motifs is 1. The van der Waals surface area contributed by atoms with Gasteiger partial charge in [0.2, 0.25) is 5.91 Å². The van der Waals surface area contributed by atoms with Crippen molar-refractivity contribution in [2.75, 3.05) is 31.0 Å². The summed E-state index contributed by atoms with van der Waals surface area (Å²) in [6.07, 6.45) is 0.484. The maximum absolute atomic E-state index is 11.8. The lowest BCUT2D eigenvalue weighted by Crippen LogP contribution is -2.31. The van der Waals surface area contributed by atoms with E-state index in [2.05, 4.69) is 24.1 Å². The van der Waals surface area contributed by atoms with E-state index in [9.17, 15) is 4.79 Å². The fourth-order valence-corrected chi connectivity index (χ4v) is 2.30. The molecule has 1 N–H and O–H groups in total. The molecule has 0 saturated heterocycles. The second-order valence-electron chi connectivity index (χ2n) is 4.81. The van der Waals surface area contributed by atoms with Crippen LogP contribution >= 0.6 is 0 Å². The minimum absolute atomic E-state index is 0.0246. The van der Waals surface area contributed by atoms with E-state index in [0.717, 1.165) is 11.4 Å². The van der Waals surface area contributed by atoms with Crippen molar-refractivity contribution in [2.24, 2.45) is 0 Å². The molecule has 1 aromatic carbocycles. The quantitative estimate of drug-likeness (QED) is 0.909. The Balaban J connectivity index is 2.54. The van der Waals surface area contributed by atoms with Gasteiger partial charge in [0, 0.05) is 31.1 Å². The average Bonchev–Trinajstić information content (AvgIpc) is 2.54. The number of amides is 1. The van der Waals surface area contributed by atoms with Gasteiger partial charge in [0.25, 0.3) is 0 Å².